The van der Waals surface area contributed by atoms with E-state index in [9.17, 15) is 0 Å². The second-order valence-corrected chi connectivity index (χ2v) is 7.33. The molecule has 0 amide bonds. The van der Waals surface area contributed by atoms with Gasteiger partial charge in [0, 0.05) is 43.9 Å². The Hall–Kier alpha value is -2.46. The van der Waals surface area contributed by atoms with Crippen LogP contribution in [0.5, 0.6) is 0 Å². The summed E-state index contributed by atoms with van der Waals surface area (Å²) < 4.78 is 9.13. The summed E-state index contributed by atoms with van der Waals surface area (Å²) in [4.78, 5) is 14.8. The first-order valence-corrected chi connectivity index (χ1v) is 10.0. The Balaban J connectivity index is 1.40. The standard InChI is InChI=1S/C17H24N8OS/c1-3-18-16(19-8-13-9-24-6-7-27-17(24)21-13)20-12-4-5-15-22-14(11-26-2)23-25(15)10-12/h6-7,9,12H,3-5,8,10-11H2,1-2H3,(H2,18,19,20). The predicted octanol–water partition coefficient (Wildman–Crippen LogP) is 1.20. The van der Waals surface area contributed by atoms with Crippen molar-refractivity contribution in [3.8, 4) is 0 Å². The van der Waals surface area contributed by atoms with E-state index < -0.39 is 0 Å². The van der Waals surface area contributed by atoms with Gasteiger partial charge in [-0.05, 0) is 13.3 Å². The molecule has 0 aromatic carbocycles. The third-order valence-electron chi connectivity index (χ3n) is 4.40. The molecule has 1 atom stereocenters. The van der Waals surface area contributed by atoms with Crippen LogP contribution in [0.4, 0.5) is 0 Å². The predicted molar refractivity (Wildman–Crippen MR) is 104 cm³/mol. The molecule has 2 N–H and O–H groups in total. The molecule has 1 aliphatic rings. The molecule has 0 radical (unpaired) electrons. The van der Waals surface area contributed by atoms with Gasteiger partial charge in [0.25, 0.3) is 0 Å². The first kappa shape index (κ1) is 17.9. The van der Waals surface area contributed by atoms with Crippen LogP contribution in [-0.4, -0.2) is 49.8 Å². The smallest absolute Gasteiger partial charge is 0.193 e. The second kappa shape index (κ2) is 8.05. The molecule has 9 nitrogen and oxygen atoms in total. The number of guanidine groups is 1. The quantitative estimate of drug-likeness (QED) is 0.487. The minimum Gasteiger partial charge on any atom is -0.377 e. The highest BCUT2D eigenvalue weighted by Crippen LogP contribution is 2.14. The van der Waals surface area contributed by atoms with Gasteiger partial charge in [0.05, 0.1) is 18.8 Å². The fourth-order valence-electron chi connectivity index (χ4n) is 3.19. The lowest BCUT2D eigenvalue weighted by molar-refractivity contribution is 0.177. The van der Waals surface area contributed by atoms with Crippen molar-refractivity contribution in [3.63, 3.8) is 0 Å². The van der Waals surface area contributed by atoms with Gasteiger partial charge in [-0.3, -0.25) is 4.40 Å². The maximum atomic E-state index is 5.13. The third-order valence-corrected chi connectivity index (χ3v) is 5.17. The Labute approximate surface area is 161 Å². The molecule has 27 heavy (non-hydrogen) atoms. The molecule has 0 aliphatic carbocycles. The molecular weight excluding hydrogens is 364 g/mol. The van der Waals surface area contributed by atoms with Crippen molar-refractivity contribution in [2.24, 2.45) is 4.99 Å². The maximum absolute atomic E-state index is 5.13. The van der Waals surface area contributed by atoms with Crippen LogP contribution in [0.1, 0.15) is 30.7 Å². The van der Waals surface area contributed by atoms with E-state index in [1.807, 2.05) is 26.9 Å². The average Bonchev–Trinajstić information content (AvgIpc) is 3.33. The van der Waals surface area contributed by atoms with E-state index in [1.165, 1.54) is 0 Å². The van der Waals surface area contributed by atoms with E-state index in [2.05, 4.69) is 32.6 Å². The van der Waals surface area contributed by atoms with Crippen molar-refractivity contribution in [2.75, 3.05) is 13.7 Å². The number of imidazole rings is 1. The van der Waals surface area contributed by atoms with Crippen molar-refractivity contribution in [1.29, 1.82) is 0 Å². The van der Waals surface area contributed by atoms with E-state index in [-0.39, 0.29) is 6.04 Å². The van der Waals surface area contributed by atoms with Crippen LogP contribution in [0.2, 0.25) is 0 Å². The van der Waals surface area contributed by atoms with Crippen LogP contribution in [-0.2, 0) is 30.9 Å². The van der Waals surface area contributed by atoms with E-state index in [1.54, 1.807) is 18.4 Å². The molecule has 0 saturated carbocycles. The molecule has 0 fully saturated rings. The van der Waals surface area contributed by atoms with Crippen LogP contribution < -0.4 is 10.6 Å². The van der Waals surface area contributed by atoms with Crippen LogP contribution in [0.25, 0.3) is 4.96 Å². The largest absolute Gasteiger partial charge is 0.377 e. The normalized spacial score (nSPS) is 17.3. The molecule has 10 heteroatoms. The number of hydrogen-bond donors (Lipinski definition) is 2. The van der Waals surface area contributed by atoms with Gasteiger partial charge in [-0.15, -0.1) is 11.3 Å². The van der Waals surface area contributed by atoms with Crippen LogP contribution in [0.15, 0.2) is 22.8 Å². The molecule has 0 spiro atoms. The number of thiazole rings is 1. The minimum absolute atomic E-state index is 0.262. The summed E-state index contributed by atoms with van der Waals surface area (Å²) in [6, 6.07) is 0.262. The lowest BCUT2D eigenvalue weighted by atomic mass is 10.1. The van der Waals surface area contributed by atoms with Crippen molar-refractivity contribution in [2.45, 2.75) is 45.5 Å². The topological polar surface area (TPSA) is 93.7 Å². The molecule has 0 saturated heterocycles. The number of nitrogens with one attached hydrogen (secondary N) is 2. The molecule has 1 aliphatic heterocycles. The first-order chi connectivity index (χ1) is 13.2. The third kappa shape index (κ3) is 4.11. The first-order valence-electron chi connectivity index (χ1n) is 9.12. The highest BCUT2D eigenvalue weighted by atomic mass is 32.1. The van der Waals surface area contributed by atoms with Gasteiger partial charge in [-0.1, -0.05) is 0 Å². The number of aryl methyl sites for hydroxylation is 1. The van der Waals surface area contributed by atoms with Gasteiger partial charge < -0.3 is 15.4 Å². The van der Waals surface area contributed by atoms with Crippen molar-refractivity contribution < 1.29 is 4.74 Å². The summed E-state index contributed by atoms with van der Waals surface area (Å²) in [6.45, 7) is 4.64. The monoisotopic (exact) mass is 388 g/mol. The zero-order chi connectivity index (χ0) is 18.6. The summed E-state index contributed by atoms with van der Waals surface area (Å²) >= 11 is 1.63. The van der Waals surface area contributed by atoms with E-state index in [0.29, 0.717) is 13.2 Å². The summed E-state index contributed by atoms with van der Waals surface area (Å²) in [5.74, 6) is 2.58. The SMILES string of the molecule is CCNC(=NCc1cn2ccsc2n1)NC1CCc2nc(COC)nn2C1. The van der Waals surface area contributed by atoms with Crippen molar-refractivity contribution >= 4 is 22.3 Å². The maximum Gasteiger partial charge on any atom is 0.193 e. The van der Waals surface area contributed by atoms with Crippen molar-refractivity contribution in [1.82, 2.24) is 34.8 Å². The number of nitrogens with zero attached hydrogens (tertiary/aromatic N) is 6. The Bertz CT molecular complexity index is 898. The average molecular weight is 389 g/mol. The van der Waals surface area contributed by atoms with Crippen LogP contribution >= 0.6 is 11.3 Å². The number of ether oxygens (including phenoxy) is 1. The lowest BCUT2D eigenvalue weighted by Gasteiger charge is -2.25. The van der Waals surface area contributed by atoms with E-state index in [0.717, 1.165) is 54.2 Å². The Morgan fingerprint density at radius 2 is 2.37 bits per heavy atom. The second-order valence-electron chi connectivity index (χ2n) is 6.46. The van der Waals surface area contributed by atoms with Gasteiger partial charge >= 0.3 is 0 Å². The Morgan fingerprint density at radius 3 is 3.19 bits per heavy atom. The fourth-order valence-corrected chi connectivity index (χ4v) is 3.91. The summed E-state index contributed by atoms with van der Waals surface area (Å²) in [5.41, 5.74) is 0.963. The zero-order valence-electron chi connectivity index (χ0n) is 15.6. The number of hydrogen-bond acceptors (Lipinski definition) is 6. The Kier molecular flexibility index (Phi) is 5.35. The number of rotatable bonds is 6. The number of fused-ring (bicyclic) bond motifs is 2. The highest BCUT2D eigenvalue weighted by molar-refractivity contribution is 7.15. The van der Waals surface area contributed by atoms with E-state index in [4.69, 9.17) is 9.73 Å². The fraction of sp³-hybridized carbons (Fsp3) is 0.529. The number of aliphatic imine (C=N–C) groups is 1. The zero-order valence-corrected chi connectivity index (χ0v) is 16.4. The van der Waals surface area contributed by atoms with Gasteiger partial charge in [0.15, 0.2) is 16.7 Å². The summed E-state index contributed by atoms with van der Waals surface area (Å²) in [7, 11) is 1.66. The summed E-state index contributed by atoms with van der Waals surface area (Å²) in [5, 5.41) is 13.4. The number of aromatic nitrogens is 5. The van der Waals surface area contributed by atoms with Gasteiger partial charge in [-0.2, -0.15) is 5.10 Å². The molecule has 3 aromatic heterocycles. The van der Waals surface area contributed by atoms with Crippen LogP contribution in [0, 0.1) is 0 Å². The molecule has 0 bridgehead atoms. The highest BCUT2D eigenvalue weighted by Gasteiger charge is 2.22. The molecule has 144 valence electrons. The lowest BCUT2D eigenvalue weighted by Crippen LogP contribution is -2.47. The molecule has 4 heterocycles. The van der Waals surface area contributed by atoms with Gasteiger partial charge in [-0.25, -0.2) is 19.6 Å². The van der Waals surface area contributed by atoms with Gasteiger partial charge in [0.1, 0.15) is 12.4 Å². The van der Waals surface area contributed by atoms with Crippen LogP contribution in [0.3, 0.4) is 0 Å². The molecular formula is C17H24N8OS. The van der Waals surface area contributed by atoms with Crippen molar-refractivity contribution in [3.05, 3.63) is 35.1 Å². The molecule has 1 unspecified atom stereocenters. The number of methoxy groups -OCH3 is 1. The Morgan fingerprint density at radius 1 is 1.44 bits per heavy atom. The molecule has 3 aromatic rings. The molecule has 4 rings (SSSR count). The van der Waals surface area contributed by atoms with E-state index >= 15 is 0 Å². The summed E-state index contributed by atoms with van der Waals surface area (Å²) in [6.07, 6.45) is 5.93. The minimum atomic E-state index is 0.262. The van der Waals surface area contributed by atoms with Gasteiger partial charge in [0.2, 0.25) is 0 Å².